The van der Waals surface area contributed by atoms with Crippen LogP contribution in [-0.2, 0) is 11.3 Å². The van der Waals surface area contributed by atoms with Gasteiger partial charge < -0.3 is 0 Å². The fourth-order valence-corrected chi connectivity index (χ4v) is 5.82. The van der Waals surface area contributed by atoms with Gasteiger partial charge in [0.25, 0.3) is 0 Å². The Hall–Kier alpha value is -3.16. The minimum absolute atomic E-state index is 0.0413. The Kier molecular flexibility index (Phi) is 3.71. The first-order valence-electron chi connectivity index (χ1n) is 10.5. The van der Waals surface area contributed by atoms with Crippen LogP contribution in [0.4, 0.5) is 8.78 Å². The molecular weight excluding hydrogens is 400 g/mol. The molecule has 3 saturated carbocycles. The van der Waals surface area contributed by atoms with Crippen molar-refractivity contribution in [2.45, 2.75) is 45.2 Å². The number of rotatable bonds is 4. The fourth-order valence-electron chi connectivity index (χ4n) is 5.82. The van der Waals surface area contributed by atoms with Crippen molar-refractivity contribution < 1.29 is 13.6 Å². The van der Waals surface area contributed by atoms with Gasteiger partial charge in [0.2, 0.25) is 5.91 Å². The van der Waals surface area contributed by atoms with E-state index in [4.69, 9.17) is 0 Å². The number of amides is 1. The highest BCUT2D eigenvalue weighted by atomic mass is 19.1. The normalized spacial score (nSPS) is 28.6. The minimum atomic E-state index is -0.644. The lowest BCUT2D eigenvalue weighted by atomic mass is 9.34. The van der Waals surface area contributed by atoms with Gasteiger partial charge in [-0.1, -0.05) is 0 Å². The molecular formula is C23H21F2N5O. The van der Waals surface area contributed by atoms with Crippen molar-refractivity contribution in [3.63, 3.8) is 0 Å². The van der Waals surface area contributed by atoms with Gasteiger partial charge in [-0.05, 0) is 55.4 Å². The van der Waals surface area contributed by atoms with Crippen LogP contribution in [0.3, 0.4) is 0 Å². The summed E-state index contributed by atoms with van der Waals surface area (Å²) in [6.45, 7) is 2.72. The van der Waals surface area contributed by atoms with E-state index in [-0.39, 0.29) is 11.3 Å². The first kappa shape index (κ1) is 18.6. The molecule has 1 amide bonds. The first-order chi connectivity index (χ1) is 14.9. The molecule has 158 valence electrons. The van der Waals surface area contributed by atoms with Gasteiger partial charge in [-0.15, -0.1) is 0 Å². The van der Waals surface area contributed by atoms with Crippen molar-refractivity contribution in [1.82, 2.24) is 19.8 Å². The Morgan fingerprint density at radius 1 is 1.13 bits per heavy atom. The molecule has 1 aliphatic heterocycles. The number of benzene rings is 1. The lowest BCUT2D eigenvalue weighted by Crippen LogP contribution is -2.68. The second kappa shape index (κ2) is 6.18. The summed E-state index contributed by atoms with van der Waals surface area (Å²) in [5, 5.41) is 11.3. The number of halogens is 2. The maximum absolute atomic E-state index is 13.7. The maximum atomic E-state index is 13.7. The average molecular weight is 421 g/mol. The third-order valence-electron chi connectivity index (χ3n) is 7.05. The van der Waals surface area contributed by atoms with E-state index in [0.29, 0.717) is 12.0 Å². The van der Waals surface area contributed by atoms with Crippen LogP contribution in [0.5, 0.6) is 0 Å². The maximum Gasteiger partial charge on any atom is 0.249 e. The monoisotopic (exact) mass is 421 g/mol. The first-order valence-corrected chi connectivity index (χ1v) is 10.5. The molecule has 4 aliphatic rings. The van der Waals surface area contributed by atoms with Crippen molar-refractivity contribution in [3.05, 3.63) is 59.6 Å². The summed E-state index contributed by atoms with van der Waals surface area (Å²) < 4.78 is 29.4. The summed E-state index contributed by atoms with van der Waals surface area (Å²) >= 11 is 0. The van der Waals surface area contributed by atoms with Gasteiger partial charge in [-0.3, -0.25) is 14.5 Å². The van der Waals surface area contributed by atoms with Crippen LogP contribution in [0.25, 0.3) is 10.9 Å². The average Bonchev–Trinajstić information content (AvgIpc) is 3.29. The highest BCUT2D eigenvalue weighted by Gasteiger charge is 2.72. The van der Waals surface area contributed by atoms with Gasteiger partial charge in [0, 0.05) is 36.3 Å². The van der Waals surface area contributed by atoms with E-state index in [2.05, 4.69) is 15.2 Å². The molecule has 3 aromatic rings. The molecule has 31 heavy (non-hydrogen) atoms. The second-order valence-corrected chi connectivity index (χ2v) is 9.40. The van der Waals surface area contributed by atoms with Crippen LogP contribution in [0.2, 0.25) is 0 Å². The standard InChI is InChI=1S/C23H21F2N5O/c1-14-4-16-8-28-29(20(16)9-26-14)13-22-10-23(11-22,12-22)21(31)30-19(2-3-27-30)15-5-17(24)7-18(25)6-15/h3-9,19H,2,10-13H2,1H3. The predicted molar refractivity (Wildman–Crippen MR) is 110 cm³/mol. The molecule has 0 saturated heterocycles. The number of carbonyl (C=O) groups is 1. The number of fused-ring (bicyclic) bond motifs is 1. The van der Waals surface area contributed by atoms with Gasteiger partial charge in [0.15, 0.2) is 0 Å². The molecule has 0 radical (unpaired) electrons. The quantitative estimate of drug-likeness (QED) is 0.636. The molecule has 3 heterocycles. The van der Waals surface area contributed by atoms with Gasteiger partial charge >= 0.3 is 0 Å². The van der Waals surface area contributed by atoms with Crippen molar-refractivity contribution in [1.29, 1.82) is 0 Å². The van der Waals surface area contributed by atoms with E-state index in [0.717, 1.165) is 48.5 Å². The second-order valence-electron chi connectivity index (χ2n) is 9.40. The fraction of sp³-hybridized carbons (Fsp3) is 0.391. The summed E-state index contributed by atoms with van der Waals surface area (Å²) in [7, 11) is 0. The number of pyridine rings is 1. The van der Waals surface area contributed by atoms with E-state index < -0.39 is 23.1 Å². The highest BCUT2D eigenvalue weighted by molar-refractivity contribution is 5.88. The van der Waals surface area contributed by atoms with Crippen molar-refractivity contribution in [2.24, 2.45) is 15.9 Å². The summed E-state index contributed by atoms with van der Waals surface area (Å²) in [6, 6.07) is 4.97. The van der Waals surface area contributed by atoms with E-state index >= 15 is 0 Å². The lowest BCUT2D eigenvalue weighted by Gasteiger charge is -2.69. The molecule has 2 aromatic heterocycles. The molecule has 0 spiro atoms. The lowest BCUT2D eigenvalue weighted by molar-refractivity contribution is -0.223. The van der Waals surface area contributed by atoms with Crippen molar-refractivity contribution >= 4 is 23.0 Å². The van der Waals surface area contributed by atoms with Crippen LogP contribution in [-0.4, -0.2) is 31.9 Å². The Bertz CT molecular complexity index is 1230. The van der Waals surface area contributed by atoms with E-state index in [1.807, 2.05) is 30.1 Å². The van der Waals surface area contributed by atoms with Gasteiger partial charge in [0.05, 0.1) is 29.4 Å². The topological polar surface area (TPSA) is 63.4 Å². The number of aromatic nitrogens is 3. The van der Waals surface area contributed by atoms with Gasteiger partial charge in [-0.25, -0.2) is 13.8 Å². The number of nitrogens with zero attached hydrogens (tertiary/aromatic N) is 5. The predicted octanol–water partition coefficient (Wildman–Crippen LogP) is 4.15. The minimum Gasteiger partial charge on any atom is -0.272 e. The van der Waals surface area contributed by atoms with E-state index in [1.165, 1.54) is 17.1 Å². The zero-order chi connectivity index (χ0) is 21.4. The molecule has 1 aromatic carbocycles. The largest absolute Gasteiger partial charge is 0.272 e. The van der Waals surface area contributed by atoms with E-state index in [1.54, 1.807) is 6.21 Å². The Morgan fingerprint density at radius 3 is 2.61 bits per heavy atom. The number of hydrazone groups is 1. The summed E-state index contributed by atoms with van der Waals surface area (Å²) in [5.41, 5.74) is 2.07. The molecule has 7 rings (SSSR count). The van der Waals surface area contributed by atoms with Crippen LogP contribution < -0.4 is 0 Å². The molecule has 1 unspecified atom stereocenters. The third kappa shape index (κ3) is 2.73. The molecule has 3 fully saturated rings. The van der Waals surface area contributed by atoms with Crippen LogP contribution in [0.1, 0.15) is 43.0 Å². The molecule has 0 N–H and O–H groups in total. The number of aryl methyl sites for hydroxylation is 1. The molecule has 6 nitrogen and oxygen atoms in total. The Labute approximate surface area is 177 Å². The van der Waals surface area contributed by atoms with Crippen LogP contribution >= 0.6 is 0 Å². The smallest absolute Gasteiger partial charge is 0.249 e. The number of hydrogen-bond acceptors (Lipinski definition) is 4. The summed E-state index contributed by atoms with van der Waals surface area (Å²) in [6.07, 6.45) is 8.18. The Balaban J connectivity index is 1.18. The van der Waals surface area contributed by atoms with Crippen molar-refractivity contribution in [2.75, 3.05) is 0 Å². The number of carbonyl (C=O) groups excluding carboxylic acids is 1. The van der Waals surface area contributed by atoms with Crippen LogP contribution in [0, 0.1) is 29.4 Å². The van der Waals surface area contributed by atoms with Gasteiger partial charge in [0.1, 0.15) is 11.6 Å². The van der Waals surface area contributed by atoms with Crippen molar-refractivity contribution in [3.8, 4) is 0 Å². The molecule has 1 atom stereocenters. The van der Waals surface area contributed by atoms with E-state index in [9.17, 15) is 13.6 Å². The van der Waals surface area contributed by atoms with Gasteiger partial charge in [-0.2, -0.15) is 10.2 Å². The third-order valence-corrected chi connectivity index (χ3v) is 7.05. The molecule has 2 bridgehead atoms. The zero-order valence-corrected chi connectivity index (χ0v) is 17.1. The highest BCUT2D eigenvalue weighted by Crippen LogP contribution is 2.74. The Morgan fingerprint density at radius 2 is 1.87 bits per heavy atom. The molecule has 8 heteroatoms. The number of hydrogen-bond donors (Lipinski definition) is 0. The molecule has 3 aliphatic carbocycles. The summed E-state index contributed by atoms with van der Waals surface area (Å²) in [5.74, 6) is -1.33. The summed E-state index contributed by atoms with van der Waals surface area (Å²) in [4.78, 5) is 17.7. The van der Waals surface area contributed by atoms with Crippen LogP contribution in [0.15, 0.2) is 41.8 Å². The SMILES string of the molecule is Cc1cc2cnn(CC34CC(C(=O)N5N=CCC5c5cc(F)cc(F)c5)(C3)C4)c2cn1. The zero-order valence-electron chi connectivity index (χ0n) is 17.1.